The summed E-state index contributed by atoms with van der Waals surface area (Å²) in [6, 6.07) is 21.4. The van der Waals surface area contributed by atoms with Gasteiger partial charge in [0.15, 0.2) is 0 Å². The van der Waals surface area contributed by atoms with E-state index in [9.17, 15) is 5.11 Å². The molecule has 0 bridgehead atoms. The summed E-state index contributed by atoms with van der Waals surface area (Å²) in [7, 11) is 0. The standard InChI is InChI=1S/C24H23ClN2O2/c1-16-14-19(15-17(2)22(16)25)29-13-12-27-21-11-7-6-10-20(21)26-24(27)23(28)18-8-4-3-5-9-18/h3-11,14-15,23,28H,12-13H2,1-2H3. The first-order valence-electron chi connectivity index (χ1n) is 9.62. The van der Waals surface area contributed by atoms with Crippen LogP contribution in [0.1, 0.15) is 28.6 Å². The van der Waals surface area contributed by atoms with Crippen molar-refractivity contribution in [3.63, 3.8) is 0 Å². The van der Waals surface area contributed by atoms with Gasteiger partial charge in [-0.2, -0.15) is 0 Å². The Labute approximate surface area is 175 Å². The van der Waals surface area contributed by atoms with Crippen LogP contribution in [0.5, 0.6) is 5.75 Å². The smallest absolute Gasteiger partial charge is 0.143 e. The van der Waals surface area contributed by atoms with Crippen molar-refractivity contribution in [3.8, 4) is 5.75 Å². The van der Waals surface area contributed by atoms with Gasteiger partial charge in [-0.05, 0) is 54.8 Å². The molecule has 3 aromatic carbocycles. The van der Waals surface area contributed by atoms with Crippen molar-refractivity contribution >= 4 is 22.6 Å². The summed E-state index contributed by atoms with van der Waals surface area (Å²) in [6.07, 6.45) is -0.802. The molecule has 0 aliphatic carbocycles. The molecule has 0 fully saturated rings. The number of imidazole rings is 1. The molecular formula is C24H23ClN2O2. The number of nitrogens with zero attached hydrogens (tertiary/aromatic N) is 2. The van der Waals surface area contributed by atoms with Gasteiger partial charge in [-0.15, -0.1) is 0 Å². The second kappa shape index (κ2) is 8.27. The molecule has 4 rings (SSSR count). The minimum absolute atomic E-state index is 0.454. The van der Waals surface area contributed by atoms with Crippen molar-refractivity contribution < 1.29 is 9.84 Å². The van der Waals surface area contributed by atoms with Crippen LogP contribution in [0.3, 0.4) is 0 Å². The third-order valence-corrected chi connectivity index (χ3v) is 5.63. The Bertz CT molecular complexity index is 1120. The third-order valence-electron chi connectivity index (χ3n) is 5.04. The van der Waals surface area contributed by atoms with Gasteiger partial charge in [0.25, 0.3) is 0 Å². The lowest BCUT2D eigenvalue weighted by molar-refractivity contribution is 0.201. The quantitative estimate of drug-likeness (QED) is 0.462. The van der Waals surface area contributed by atoms with E-state index in [1.807, 2.05) is 85.1 Å². The van der Waals surface area contributed by atoms with Crippen LogP contribution in [0.2, 0.25) is 5.02 Å². The maximum absolute atomic E-state index is 11.0. The summed E-state index contributed by atoms with van der Waals surface area (Å²) >= 11 is 6.25. The van der Waals surface area contributed by atoms with Crippen LogP contribution in [0.25, 0.3) is 11.0 Å². The number of benzene rings is 3. The van der Waals surface area contributed by atoms with Gasteiger partial charge in [-0.3, -0.25) is 0 Å². The first kappa shape index (κ1) is 19.5. The number of para-hydroxylation sites is 2. The van der Waals surface area contributed by atoms with E-state index in [2.05, 4.69) is 0 Å². The average Bonchev–Trinajstić information content (AvgIpc) is 3.11. The second-order valence-corrected chi connectivity index (χ2v) is 7.52. The van der Waals surface area contributed by atoms with Crippen molar-refractivity contribution in [1.82, 2.24) is 9.55 Å². The van der Waals surface area contributed by atoms with Crippen molar-refractivity contribution in [2.75, 3.05) is 6.61 Å². The fourth-order valence-corrected chi connectivity index (χ4v) is 3.68. The number of aliphatic hydroxyl groups excluding tert-OH is 1. The summed E-state index contributed by atoms with van der Waals surface area (Å²) in [4.78, 5) is 4.69. The van der Waals surface area contributed by atoms with Crippen LogP contribution in [0.15, 0.2) is 66.7 Å². The summed E-state index contributed by atoms with van der Waals surface area (Å²) < 4.78 is 8.03. The lowest BCUT2D eigenvalue weighted by Crippen LogP contribution is -2.14. The number of aromatic nitrogens is 2. The number of fused-ring (bicyclic) bond motifs is 1. The maximum atomic E-state index is 11.0. The minimum atomic E-state index is -0.802. The second-order valence-electron chi connectivity index (χ2n) is 7.14. The van der Waals surface area contributed by atoms with Gasteiger partial charge >= 0.3 is 0 Å². The Hall–Kier alpha value is -2.82. The molecular weight excluding hydrogens is 384 g/mol. The van der Waals surface area contributed by atoms with Crippen molar-refractivity contribution in [3.05, 3.63) is 94.3 Å². The average molecular weight is 407 g/mol. The maximum Gasteiger partial charge on any atom is 0.143 e. The molecule has 0 aliphatic heterocycles. The van der Waals surface area contributed by atoms with E-state index in [-0.39, 0.29) is 0 Å². The molecule has 0 radical (unpaired) electrons. The van der Waals surface area contributed by atoms with Gasteiger partial charge in [-0.25, -0.2) is 4.98 Å². The fraction of sp³-hybridized carbons (Fsp3) is 0.208. The summed E-state index contributed by atoms with van der Waals surface area (Å²) in [5, 5.41) is 11.7. The summed E-state index contributed by atoms with van der Waals surface area (Å²) in [5.74, 6) is 1.41. The van der Waals surface area contributed by atoms with Crippen LogP contribution in [0.4, 0.5) is 0 Å². The molecule has 1 heterocycles. The number of rotatable bonds is 6. The first-order valence-corrected chi connectivity index (χ1v) is 10.00. The van der Waals surface area contributed by atoms with Gasteiger partial charge < -0.3 is 14.4 Å². The molecule has 0 amide bonds. The number of hydrogen-bond acceptors (Lipinski definition) is 3. The fourth-order valence-electron chi connectivity index (χ4n) is 3.57. The van der Waals surface area contributed by atoms with E-state index in [1.165, 1.54) is 0 Å². The van der Waals surface area contributed by atoms with Crippen LogP contribution >= 0.6 is 11.6 Å². The Morgan fingerprint density at radius 1 is 1.00 bits per heavy atom. The zero-order valence-electron chi connectivity index (χ0n) is 16.5. The van der Waals surface area contributed by atoms with Gasteiger partial charge in [0.1, 0.15) is 24.3 Å². The molecule has 0 saturated heterocycles. The number of hydrogen-bond donors (Lipinski definition) is 1. The van der Waals surface area contributed by atoms with E-state index >= 15 is 0 Å². The van der Waals surface area contributed by atoms with Crippen LogP contribution in [-0.2, 0) is 6.54 Å². The highest BCUT2D eigenvalue weighted by molar-refractivity contribution is 6.32. The summed E-state index contributed by atoms with van der Waals surface area (Å²) in [5.41, 5.74) is 4.64. The monoisotopic (exact) mass is 406 g/mol. The zero-order chi connectivity index (χ0) is 20.4. The molecule has 29 heavy (non-hydrogen) atoms. The molecule has 1 aromatic heterocycles. The largest absolute Gasteiger partial charge is 0.492 e. The van der Waals surface area contributed by atoms with Gasteiger partial charge in [-0.1, -0.05) is 54.1 Å². The lowest BCUT2D eigenvalue weighted by atomic mass is 10.1. The SMILES string of the molecule is Cc1cc(OCCn2c(C(O)c3ccccc3)nc3ccccc32)cc(C)c1Cl. The molecule has 0 aliphatic rings. The van der Waals surface area contributed by atoms with Gasteiger partial charge in [0.05, 0.1) is 17.6 Å². The Balaban J connectivity index is 1.61. The number of aryl methyl sites for hydroxylation is 2. The van der Waals surface area contributed by atoms with E-state index in [0.717, 1.165) is 38.5 Å². The highest BCUT2D eigenvalue weighted by Gasteiger charge is 2.19. The van der Waals surface area contributed by atoms with Crippen molar-refractivity contribution in [2.45, 2.75) is 26.5 Å². The predicted molar refractivity (Wildman–Crippen MR) is 117 cm³/mol. The Morgan fingerprint density at radius 3 is 2.38 bits per heavy atom. The molecule has 0 saturated carbocycles. The van der Waals surface area contributed by atoms with Gasteiger partial charge in [0.2, 0.25) is 0 Å². The number of aliphatic hydroxyl groups is 1. The normalized spacial score (nSPS) is 12.3. The third kappa shape index (κ3) is 4.00. The number of halogens is 1. The Morgan fingerprint density at radius 2 is 1.66 bits per heavy atom. The molecule has 1 N–H and O–H groups in total. The van der Waals surface area contributed by atoms with Crippen LogP contribution < -0.4 is 4.74 Å². The molecule has 5 heteroatoms. The van der Waals surface area contributed by atoms with E-state index in [1.54, 1.807) is 0 Å². The topological polar surface area (TPSA) is 47.3 Å². The zero-order valence-corrected chi connectivity index (χ0v) is 17.2. The lowest BCUT2D eigenvalue weighted by Gasteiger charge is -2.15. The highest BCUT2D eigenvalue weighted by Crippen LogP contribution is 2.27. The van der Waals surface area contributed by atoms with Crippen molar-refractivity contribution in [2.24, 2.45) is 0 Å². The minimum Gasteiger partial charge on any atom is -0.492 e. The molecule has 1 unspecified atom stereocenters. The van der Waals surface area contributed by atoms with E-state index in [0.29, 0.717) is 19.0 Å². The molecule has 0 spiro atoms. The number of ether oxygens (including phenoxy) is 1. The Kier molecular flexibility index (Phi) is 5.56. The summed E-state index contributed by atoms with van der Waals surface area (Å²) in [6.45, 7) is 4.97. The van der Waals surface area contributed by atoms with Crippen LogP contribution in [0, 0.1) is 13.8 Å². The molecule has 4 aromatic rings. The molecule has 148 valence electrons. The predicted octanol–water partition coefficient (Wildman–Crippen LogP) is 5.47. The van der Waals surface area contributed by atoms with E-state index in [4.69, 9.17) is 21.3 Å². The van der Waals surface area contributed by atoms with Crippen LogP contribution in [-0.4, -0.2) is 21.3 Å². The first-order chi connectivity index (χ1) is 14.0. The van der Waals surface area contributed by atoms with Gasteiger partial charge in [0, 0.05) is 5.02 Å². The van der Waals surface area contributed by atoms with Crippen molar-refractivity contribution in [1.29, 1.82) is 0 Å². The molecule has 1 atom stereocenters. The molecule has 4 nitrogen and oxygen atoms in total. The highest BCUT2D eigenvalue weighted by atomic mass is 35.5. The van der Waals surface area contributed by atoms with E-state index < -0.39 is 6.10 Å².